The van der Waals surface area contributed by atoms with E-state index in [1.807, 2.05) is 0 Å². The predicted molar refractivity (Wildman–Crippen MR) is 73.2 cm³/mol. The van der Waals surface area contributed by atoms with Crippen molar-refractivity contribution in [3.8, 4) is 0 Å². The van der Waals surface area contributed by atoms with Crippen LogP contribution >= 0.6 is 0 Å². The number of nitrogens with zero attached hydrogens (tertiary/aromatic N) is 1. The van der Waals surface area contributed by atoms with Crippen molar-refractivity contribution >= 4 is 5.91 Å². The molecule has 18 heavy (non-hydrogen) atoms. The highest BCUT2D eigenvalue weighted by molar-refractivity contribution is 5.78. The highest BCUT2D eigenvalue weighted by atomic mass is 16.1. The molecule has 1 fully saturated rings. The summed E-state index contributed by atoms with van der Waals surface area (Å²) in [5.41, 5.74) is 2.41. The Morgan fingerprint density at radius 3 is 2.78 bits per heavy atom. The van der Waals surface area contributed by atoms with Gasteiger partial charge in [-0.2, -0.15) is 0 Å². The summed E-state index contributed by atoms with van der Waals surface area (Å²) in [5.74, 6) is 0.358. The van der Waals surface area contributed by atoms with Gasteiger partial charge in [-0.25, -0.2) is 0 Å². The molecule has 1 aromatic rings. The number of piperidine rings is 1. The predicted octanol–water partition coefficient (Wildman–Crippen LogP) is 1.95. The highest BCUT2D eigenvalue weighted by Crippen LogP contribution is 2.15. The average Bonchev–Trinajstić information content (AvgIpc) is 2.38. The third-order valence-corrected chi connectivity index (χ3v) is 3.58. The summed E-state index contributed by atoms with van der Waals surface area (Å²) < 4.78 is 0. The maximum absolute atomic E-state index is 12.0. The molecule has 1 heterocycles. The molecular weight excluding hydrogens is 224 g/mol. The van der Waals surface area contributed by atoms with Crippen LogP contribution in [0.2, 0.25) is 0 Å². The lowest BCUT2D eigenvalue weighted by Crippen LogP contribution is -2.41. The molecule has 1 atom stereocenters. The van der Waals surface area contributed by atoms with E-state index in [9.17, 15) is 4.79 Å². The van der Waals surface area contributed by atoms with Crippen LogP contribution in [-0.4, -0.2) is 30.9 Å². The molecule has 0 aromatic heterocycles. The Kier molecular flexibility index (Phi) is 4.37. The average molecular weight is 246 g/mol. The highest BCUT2D eigenvalue weighted by Gasteiger charge is 2.23. The number of carbonyl (C=O) groups is 1. The zero-order chi connectivity index (χ0) is 13.0. The molecule has 1 aromatic carbocycles. The molecule has 3 nitrogen and oxygen atoms in total. The van der Waals surface area contributed by atoms with E-state index < -0.39 is 0 Å². The monoisotopic (exact) mass is 246 g/mol. The Bertz CT molecular complexity index is 399. The first-order valence-corrected chi connectivity index (χ1v) is 6.67. The Balaban J connectivity index is 1.82. The Morgan fingerprint density at radius 2 is 2.11 bits per heavy atom. The summed E-state index contributed by atoms with van der Waals surface area (Å²) in [5, 5.41) is 3.04. The maximum atomic E-state index is 12.0. The van der Waals surface area contributed by atoms with Crippen LogP contribution in [0.5, 0.6) is 0 Å². The van der Waals surface area contributed by atoms with Crippen molar-refractivity contribution in [3.05, 3.63) is 35.4 Å². The fourth-order valence-corrected chi connectivity index (χ4v) is 2.42. The van der Waals surface area contributed by atoms with Crippen LogP contribution in [-0.2, 0) is 11.3 Å². The van der Waals surface area contributed by atoms with E-state index in [1.165, 1.54) is 5.56 Å². The number of hydrogen-bond donors (Lipinski definition) is 1. The molecule has 3 heteroatoms. The molecule has 1 aliphatic heterocycles. The van der Waals surface area contributed by atoms with Crippen LogP contribution < -0.4 is 5.32 Å². The second-order valence-electron chi connectivity index (χ2n) is 5.30. The van der Waals surface area contributed by atoms with Gasteiger partial charge in [0.25, 0.3) is 0 Å². The first-order valence-electron chi connectivity index (χ1n) is 6.67. The van der Waals surface area contributed by atoms with Gasteiger partial charge in [0.2, 0.25) is 5.91 Å². The van der Waals surface area contributed by atoms with Crippen LogP contribution in [0.4, 0.5) is 0 Å². The molecule has 0 unspecified atom stereocenters. The summed E-state index contributed by atoms with van der Waals surface area (Å²) in [7, 11) is 2.08. The lowest BCUT2D eigenvalue weighted by Gasteiger charge is -2.28. The molecule has 0 aliphatic carbocycles. The number of nitrogens with one attached hydrogen (secondary N) is 1. The number of amides is 1. The maximum Gasteiger partial charge on any atom is 0.224 e. The standard InChI is InChI=1S/C15H22N2O/c1-12-5-7-13(8-6-12)10-16-15(18)14-4-3-9-17(2)11-14/h5-8,14H,3-4,9-11H2,1-2H3,(H,16,18)/t14-/m0/s1. The zero-order valence-electron chi connectivity index (χ0n) is 11.3. The molecule has 1 N–H and O–H groups in total. The molecule has 0 bridgehead atoms. The van der Waals surface area contributed by atoms with Gasteiger partial charge in [-0.15, -0.1) is 0 Å². The molecule has 98 valence electrons. The van der Waals surface area contributed by atoms with E-state index in [4.69, 9.17) is 0 Å². The summed E-state index contributed by atoms with van der Waals surface area (Å²) in [4.78, 5) is 14.3. The van der Waals surface area contributed by atoms with Crippen molar-refractivity contribution in [2.75, 3.05) is 20.1 Å². The van der Waals surface area contributed by atoms with Gasteiger partial charge >= 0.3 is 0 Å². The van der Waals surface area contributed by atoms with E-state index in [0.29, 0.717) is 6.54 Å². The number of likely N-dealkylation sites (tertiary alicyclic amines) is 1. The van der Waals surface area contributed by atoms with E-state index >= 15 is 0 Å². The van der Waals surface area contributed by atoms with E-state index in [1.54, 1.807) is 0 Å². The van der Waals surface area contributed by atoms with Gasteiger partial charge < -0.3 is 10.2 Å². The molecule has 1 amide bonds. The summed E-state index contributed by atoms with van der Waals surface area (Å²) >= 11 is 0. The van der Waals surface area contributed by atoms with E-state index in [-0.39, 0.29) is 11.8 Å². The second-order valence-corrected chi connectivity index (χ2v) is 5.30. The lowest BCUT2D eigenvalue weighted by molar-refractivity contribution is -0.126. The molecule has 0 radical (unpaired) electrons. The molecule has 1 aliphatic rings. The zero-order valence-corrected chi connectivity index (χ0v) is 11.3. The largest absolute Gasteiger partial charge is 0.352 e. The summed E-state index contributed by atoms with van der Waals surface area (Å²) in [6.45, 7) is 4.71. The minimum Gasteiger partial charge on any atom is -0.352 e. The van der Waals surface area contributed by atoms with Crippen molar-refractivity contribution in [1.82, 2.24) is 10.2 Å². The van der Waals surface area contributed by atoms with Gasteiger partial charge in [0.15, 0.2) is 0 Å². The Morgan fingerprint density at radius 1 is 1.39 bits per heavy atom. The van der Waals surface area contributed by atoms with Gasteiger partial charge in [-0.1, -0.05) is 29.8 Å². The normalized spacial score (nSPS) is 20.7. The van der Waals surface area contributed by atoms with Crippen LogP contribution in [0, 0.1) is 12.8 Å². The van der Waals surface area contributed by atoms with Crippen molar-refractivity contribution < 1.29 is 4.79 Å². The summed E-state index contributed by atoms with van der Waals surface area (Å²) in [6.07, 6.45) is 2.14. The van der Waals surface area contributed by atoms with Crippen LogP contribution in [0.15, 0.2) is 24.3 Å². The number of rotatable bonds is 3. The quantitative estimate of drug-likeness (QED) is 0.884. The minimum atomic E-state index is 0.161. The third-order valence-electron chi connectivity index (χ3n) is 3.58. The Labute approximate surface area is 109 Å². The molecule has 1 saturated heterocycles. The SMILES string of the molecule is Cc1ccc(CNC(=O)[C@H]2CCCN(C)C2)cc1. The first kappa shape index (κ1) is 13.1. The molecule has 0 spiro atoms. The van der Waals surface area contributed by atoms with Gasteiger partial charge in [0.1, 0.15) is 0 Å². The smallest absolute Gasteiger partial charge is 0.224 e. The minimum absolute atomic E-state index is 0.161. The number of benzene rings is 1. The number of carbonyl (C=O) groups excluding carboxylic acids is 1. The fraction of sp³-hybridized carbons (Fsp3) is 0.533. The van der Waals surface area contributed by atoms with Gasteiger partial charge in [-0.05, 0) is 38.9 Å². The van der Waals surface area contributed by atoms with Crippen LogP contribution in [0.25, 0.3) is 0 Å². The van der Waals surface area contributed by atoms with Crippen LogP contribution in [0.1, 0.15) is 24.0 Å². The third kappa shape index (κ3) is 3.57. The van der Waals surface area contributed by atoms with Crippen molar-refractivity contribution in [1.29, 1.82) is 0 Å². The van der Waals surface area contributed by atoms with Gasteiger partial charge in [-0.3, -0.25) is 4.79 Å². The van der Waals surface area contributed by atoms with Crippen molar-refractivity contribution in [3.63, 3.8) is 0 Å². The molecular formula is C15H22N2O. The van der Waals surface area contributed by atoms with Crippen molar-refractivity contribution in [2.45, 2.75) is 26.3 Å². The number of hydrogen-bond acceptors (Lipinski definition) is 2. The lowest BCUT2D eigenvalue weighted by atomic mass is 9.97. The molecule has 0 saturated carbocycles. The summed E-state index contributed by atoms with van der Waals surface area (Å²) in [6, 6.07) is 8.30. The van der Waals surface area contributed by atoms with Crippen LogP contribution in [0.3, 0.4) is 0 Å². The van der Waals surface area contributed by atoms with E-state index in [0.717, 1.165) is 31.5 Å². The second kappa shape index (κ2) is 6.01. The topological polar surface area (TPSA) is 32.3 Å². The fourth-order valence-electron chi connectivity index (χ4n) is 2.42. The van der Waals surface area contributed by atoms with E-state index in [2.05, 4.69) is 48.5 Å². The number of aryl methyl sites for hydroxylation is 1. The first-order chi connectivity index (χ1) is 8.65. The van der Waals surface area contributed by atoms with Crippen molar-refractivity contribution in [2.24, 2.45) is 5.92 Å². The van der Waals surface area contributed by atoms with Gasteiger partial charge in [0, 0.05) is 13.1 Å². The van der Waals surface area contributed by atoms with Gasteiger partial charge in [0.05, 0.1) is 5.92 Å². The molecule has 2 rings (SSSR count). The Hall–Kier alpha value is -1.35.